The van der Waals surface area contributed by atoms with E-state index in [2.05, 4.69) is 17.0 Å². The average molecular weight is 437 g/mol. The molecule has 0 saturated carbocycles. The fraction of sp³-hybridized carbons (Fsp3) is 0.217. The summed E-state index contributed by atoms with van der Waals surface area (Å²) in [6.45, 7) is 2.40. The molecule has 0 atom stereocenters. The molecule has 158 valence electrons. The molecular formula is C23H21FN4O2S. The first kappa shape index (κ1) is 21.0. The maximum absolute atomic E-state index is 13.0. The van der Waals surface area contributed by atoms with Gasteiger partial charge in [-0.1, -0.05) is 37.6 Å². The van der Waals surface area contributed by atoms with Crippen LogP contribution >= 0.6 is 11.8 Å². The van der Waals surface area contributed by atoms with E-state index < -0.39 is 5.91 Å². The molecule has 2 aliphatic heterocycles. The quantitative estimate of drug-likeness (QED) is 0.604. The number of amidine groups is 2. The molecule has 0 unspecified atom stereocenters. The van der Waals surface area contributed by atoms with Gasteiger partial charge in [0.1, 0.15) is 23.2 Å². The monoisotopic (exact) mass is 436 g/mol. The van der Waals surface area contributed by atoms with Crippen LogP contribution in [0.3, 0.4) is 0 Å². The number of nitrogens with one attached hydrogen (secondary N) is 1. The van der Waals surface area contributed by atoms with Gasteiger partial charge in [0.25, 0.3) is 5.91 Å². The van der Waals surface area contributed by atoms with Crippen molar-refractivity contribution in [2.75, 3.05) is 0 Å². The third-order valence-corrected chi connectivity index (χ3v) is 5.70. The first-order chi connectivity index (χ1) is 15.0. The van der Waals surface area contributed by atoms with E-state index in [9.17, 15) is 9.18 Å². The lowest BCUT2D eigenvalue weighted by Gasteiger charge is -2.20. The maximum atomic E-state index is 13.0. The maximum Gasteiger partial charge on any atom is 0.283 e. The van der Waals surface area contributed by atoms with Gasteiger partial charge in [0.2, 0.25) is 5.17 Å². The first-order valence-electron chi connectivity index (χ1n) is 10.00. The number of rotatable bonds is 7. The van der Waals surface area contributed by atoms with Crippen molar-refractivity contribution in [1.29, 1.82) is 5.41 Å². The molecular weight excluding hydrogens is 415 g/mol. The number of ether oxygens (including phenoxy) is 1. The highest BCUT2D eigenvalue weighted by Gasteiger charge is 2.35. The molecule has 0 bridgehead atoms. The number of fused-ring (bicyclic) bond motifs is 1. The van der Waals surface area contributed by atoms with E-state index in [1.807, 2.05) is 12.1 Å². The molecule has 0 aliphatic carbocycles. The number of hydrazone groups is 1. The summed E-state index contributed by atoms with van der Waals surface area (Å²) in [5.41, 5.74) is 1.74. The molecule has 8 heteroatoms. The fourth-order valence-electron chi connectivity index (χ4n) is 3.07. The Labute approximate surface area is 184 Å². The second kappa shape index (κ2) is 9.26. The number of nitrogens with zero attached hydrogens (tertiary/aromatic N) is 3. The van der Waals surface area contributed by atoms with E-state index >= 15 is 0 Å². The van der Waals surface area contributed by atoms with Gasteiger partial charge in [-0.25, -0.2) is 4.39 Å². The summed E-state index contributed by atoms with van der Waals surface area (Å²) >= 11 is 1.35. The molecule has 0 aromatic heterocycles. The third-order valence-electron chi connectivity index (χ3n) is 4.73. The lowest BCUT2D eigenvalue weighted by atomic mass is 10.1. The Balaban J connectivity index is 1.50. The lowest BCUT2D eigenvalue weighted by molar-refractivity contribution is -0.114. The van der Waals surface area contributed by atoms with Crippen LogP contribution < -0.4 is 4.74 Å². The van der Waals surface area contributed by atoms with Gasteiger partial charge in [0.05, 0.1) is 5.57 Å². The second-order valence-corrected chi connectivity index (χ2v) is 8.15. The Hall–Kier alpha value is -3.26. The van der Waals surface area contributed by atoms with Crippen LogP contribution in [0.2, 0.25) is 0 Å². The summed E-state index contributed by atoms with van der Waals surface area (Å²) in [4.78, 5) is 16.7. The van der Waals surface area contributed by atoms with Crippen molar-refractivity contribution in [2.24, 2.45) is 10.1 Å². The minimum atomic E-state index is -0.451. The van der Waals surface area contributed by atoms with Crippen LogP contribution in [0.25, 0.3) is 6.08 Å². The number of benzene rings is 2. The number of carbonyl (C=O) groups is 1. The zero-order valence-electron chi connectivity index (χ0n) is 17.0. The number of carbonyl (C=O) groups excluding carboxylic acids is 1. The first-order valence-corrected chi connectivity index (χ1v) is 10.8. The molecule has 1 N–H and O–H groups in total. The molecule has 31 heavy (non-hydrogen) atoms. The molecule has 4 rings (SSSR count). The second-order valence-electron chi connectivity index (χ2n) is 7.10. The highest BCUT2D eigenvalue weighted by Crippen LogP contribution is 2.30. The van der Waals surface area contributed by atoms with Gasteiger partial charge in [0, 0.05) is 0 Å². The molecule has 0 fully saturated rings. The summed E-state index contributed by atoms with van der Waals surface area (Å²) in [7, 11) is 0. The predicted octanol–water partition coefficient (Wildman–Crippen LogP) is 5.21. The number of aliphatic imine (C=N–C) groups is 1. The number of thioether (sulfide) groups is 1. The van der Waals surface area contributed by atoms with E-state index in [4.69, 9.17) is 10.1 Å². The van der Waals surface area contributed by atoms with Crippen molar-refractivity contribution in [3.05, 3.63) is 71.0 Å². The van der Waals surface area contributed by atoms with Crippen molar-refractivity contribution in [3.63, 3.8) is 0 Å². The van der Waals surface area contributed by atoms with Crippen molar-refractivity contribution in [2.45, 2.75) is 32.8 Å². The highest BCUT2D eigenvalue weighted by molar-refractivity contribution is 8.26. The van der Waals surface area contributed by atoms with E-state index in [0.717, 1.165) is 29.9 Å². The molecule has 0 radical (unpaired) electrons. The van der Waals surface area contributed by atoms with Crippen molar-refractivity contribution in [1.82, 2.24) is 5.01 Å². The Kier molecular flexibility index (Phi) is 6.27. The zero-order valence-corrected chi connectivity index (χ0v) is 17.8. The van der Waals surface area contributed by atoms with Crippen molar-refractivity contribution >= 4 is 39.8 Å². The van der Waals surface area contributed by atoms with Gasteiger partial charge in [-0.05, 0) is 66.1 Å². The largest absolute Gasteiger partial charge is 0.489 e. The van der Waals surface area contributed by atoms with Gasteiger partial charge in [-0.3, -0.25) is 10.2 Å². The Morgan fingerprint density at radius 3 is 2.81 bits per heavy atom. The minimum Gasteiger partial charge on any atom is -0.489 e. The SMILES string of the molecule is CCCCC1=NN2C(=N)/C(=C/c3cccc(OCc4ccc(F)cc4)c3)C(=O)N=C2S1. The number of hydrogen-bond donors (Lipinski definition) is 1. The topological polar surface area (TPSA) is 78.1 Å². The highest BCUT2D eigenvalue weighted by atomic mass is 32.2. The van der Waals surface area contributed by atoms with Crippen LogP contribution in [0.5, 0.6) is 5.75 Å². The standard InChI is InChI=1S/C23H21FN4O2S/c1-2-3-7-20-27-28-21(25)19(22(29)26-23(28)31-20)13-16-5-4-6-18(12-16)30-14-15-8-10-17(24)11-9-15/h4-6,8-13,25H,2-3,7,14H2,1H3/b19-13-,25-21?. The van der Waals surface area contributed by atoms with Gasteiger partial charge in [-0.2, -0.15) is 15.1 Å². The van der Waals surface area contributed by atoms with Gasteiger partial charge >= 0.3 is 0 Å². The van der Waals surface area contributed by atoms with E-state index in [-0.39, 0.29) is 17.2 Å². The molecule has 2 heterocycles. The number of amides is 1. The van der Waals surface area contributed by atoms with Crippen LogP contribution in [0.1, 0.15) is 37.3 Å². The Bertz CT molecular complexity index is 1110. The van der Waals surface area contributed by atoms with Crippen LogP contribution in [0.4, 0.5) is 4.39 Å². The van der Waals surface area contributed by atoms with Crippen LogP contribution in [0.15, 0.2) is 64.2 Å². The molecule has 2 aliphatic rings. The molecule has 2 aromatic rings. The summed E-state index contributed by atoms with van der Waals surface area (Å²) in [6.07, 6.45) is 4.49. The zero-order chi connectivity index (χ0) is 21.8. The average Bonchev–Trinajstić information content (AvgIpc) is 3.18. The smallest absolute Gasteiger partial charge is 0.283 e. The molecule has 0 spiro atoms. The number of hydrogen-bond acceptors (Lipinski definition) is 5. The van der Waals surface area contributed by atoms with E-state index in [0.29, 0.717) is 23.1 Å². The minimum absolute atomic E-state index is 0.0200. The lowest BCUT2D eigenvalue weighted by Crippen LogP contribution is -2.35. The molecule has 0 saturated heterocycles. The van der Waals surface area contributed by atoms with E-state index in [1.165, 1.54) is 28.9 Å². The molecule has 2 aromatic carbocycles. The van der Waals surface area contributed by atoms with Gasteiger partial charge < -0.3 is 4.74 Å². The normalized spacial score (nSPS) is 17.0. The van der Waals surface area contributed by atoms with Gasteiger partial charge in [0.15, 0.2) is 5.84 Å². The van der Waals surface area contributed by atoms with Crippen LogP contribution in [-0.2, 0) is 11.4 Å². The summed E-state index contributed by atoms with van der Waals surface area (Å²) < 4.78 is 18.8. The molecule has 6 nitrogen and oxygen atoms in total. The predicted molar refractivity (Wildman–Crippen MR) is 122 cm³/mol. The third kappa shape index (κ3) is 4.91. The van der Waals surface area contributed by atoms with Crippen LogP contribution in [0, 0.1) is 11.2 Å². The number of halogens is 1. The van der Waals surface area contributed by atoms with Crippen molar-refractivity contribution < 1.29 is 13.9 Å². The fourth-order valence-corrected chi connectivity index (χ4v) is 4.00. The Morgan fingerprint density at radius 2 is 2.03 bits per heavy atom. The molecule has 1 amide bonds. The number of unbranched alkanes of at least 4 members (excludes halogenated alkanes) is 1. The van der Waals surface area contributed by atoms with Gasteiger partial charge in [-0.15, -0.1) is 0 Å². The van der Waals surface area contributed by atoms with Crippen molar-refractivity contribution in [3.8, 4) is 5.75 Å². The summed E-state index contributed by atoms with van der Waals surface area (Å²) in [6, 6.07) is 13.3. The summed E-state index contributed by atoms with van der Waals surface area (Å²) in [5, 5.41) is 15.7. The van der Waals surface area contributed by atoms with E-state index in [1.54, 1.807) is 30.3 Å². The Morgan fingerprint density at radius 1 is 1.23 bits per heavy atom. The summed E-state index contributed by atoms with van der Waals surface area (Å²) in [5.74, 6) is -0.116. The van der Waals surface area contributed by atoms with Crippen LogP contribution in [-0.4, -0.2) is 27.0 Å².